The maximum Gasteiger partial charge on any atom is 0.416 e. The summed E-state index contributed by atoms with van der Waals surface area (Å²) >= 11 is 0. The Kier molecular flexibility index (Phi) is 8.73. The number of rotatable bonds is 10. The van der Waals surface area contributed by atoms with Crippen LogP contribution in [0.4, 0.5) is 24.5 Å². The van der Waals surface area contributed by atoms with Crippen molar-refractivity contribution in [2.75, 3.05) is 24.6 Å². The molecule has 0 unspecified atom stereocenters. The van der Waals surface area contributed by atoms with Crippen molar-refractivity contribution in [1.82, 2.24) is 0 Å². The highest BCUT2D eigenvalue weighted by molar-refractivity contribution is 6.18. The highest BCUT2D eigenvalue weighted by atomic mass is 19.4. The molecule has 0 saturated carbocycles. The number of carboxylic acids is 1. The Hall–Kier alpha value is -5.18. The van der Waals surface area contributed by atoms with Gasteiger partial charge in [0.2, 0.25) is 5.69 Å². The smallest absolute Gasteiger partial charge is 0.416 e. The number of fused-ring (bicyclic) bond motifs is 7. The van der Waals surface area contributed by atoms with Crippen LogP contribution >= 0.6 is 0 Å². The van der Waals surface area contributed by atoms with E-state index in [1.54, 1.807) is 0 Å². The average Bonchev–Trinajstić information content (AvgIpc) is 3.41. The predicted octanol–water partition coefficient (Wildman–Crippen LogP) is 8.83. The molecule has 0 atom stereocenters. The van der Waals surface area contributed by atoms with E-state index in [1.807, 2.05) is 73.4 Å². The van der Waals surface area contributed by atoms with Crippen LogP contribution in [0.2, 0.25) is 0 Å². The van der Waals surface area contributed by atoms with Crippen LogP contribution in [0, 0.1) is 0 Å². The van der Waals surface area contributed by atoms with Crippen LogP contribution in [-0.2, 0) is 31.3 Å². The van der Waals surface area contributed by atoms with Gasteiger partial charge in [-0.2, -0.15) is 17.7 Å². The Morgan fingerprint density at radius 1 is 0.898 bits per heavy atom. The van der Waals surface area contributed by atoms with Gasteiger partial charge in [0.25, 0.3) is 6.47 Å². The fourth-order valence-corrected chi connectivity index (χ4v) is 7.50. The van der Waals surface area contributed by atoms with Gasteiger partial charge in [0, 0.05) is 28.4 Å². The summed E-state index contributed by atoms with van der Waals surface area (Å²) in [6.45, 7) is 9.08. The molecule has 0 bridgehead atoms. The van der Waals surface area contributed by atoms with E-state index in [4.69, 9.17) is 4.74 Å². The van der Waals surface area contributed by atoms with Gasteiger partial charge in [-0.15, -0.1) is 0 Å². The molecule has 0 radical (unpaired) electrons. The minimum Gasteiger partial charge on any atom is -0.481 e. The van der Waals surface area contributed by atoms with E-state index >= 15 is 0 Å². The van der Waals surface area contributed by atoms with Gasteiger partial charge in [0.15, 0.2) is 12.3 Å². The van der Waals surface area contributed by atoms with Gasteiger partial charge in [-0.1, -0.05) is 74.5 Å². The second kappa shape index (κ2) is 12.7. The Labute approximate surface area is 283 Å². The second-order valence-corrected chi connectivity index (χ2v) is 13.4. The molecule has 2 heterocycles. The van der Waals surface area contributed by atoms with Crippen LogP contribution in [0.3, 0.4) is 0 Å². The summed E-state index contributed by atoms with van der Waals surface area (Å²) in [5, 5.41) is 14.1. The van der Waals surface area contributed by atoms with Crippen molar-refractivity contribution >= 4 is 51.1 Å². The summed E-state index contributed by atoms with van der Waals surface area (Å²) in [7, 11) is 0. The molecular formula is C40H38F3N2O4+. The third-order valence-electron chi connectivity index (χ3n) is 9.73. The molecule has 0 saturated heterocycles. The molecule has 6 rings (SSSR count). The van der Waals surface area contributed by atoms with Crippen molar-refractivity contribution in [3.63, 3.8) is 0 Å². The summed E-state index contributed by atoms with van der Waals surface area (Å²) in [4.78, 5) is 24.5. The number of halogens is 3. The Balaban J connectivity index is 1.40. The number of carbonyl (C=O) groups is 2. The zero-order valence-electron chi connectivity index (χ0n) is 27.8. The maximum absolute atomic E-state index is 13.6. The number of hydrogen-bond acceptors (Lipinski definition) is 4. The minimum atomic E-state index is -4.48. The van der Waals surface area contributed by atoms with Gasteiger partial charge in [-0.05, 0) is 65.9 Å². The highest BCUT2D eigenvalue weighted by Crippen LogP contribution is 2.50. The third-order valence-corrected chi connectivity index (χ3v) is 9.73. The van der Waals surface area contributed by atoms with E-state index in [1.165, 1.54) is 12.1 Å². The van der Waals surface area contributed by atoms with Crippen molar-refractivity contribution in [1.29, 1.82) is 0 Å². The minimum absolute atomic E-state index is 0.0364. The second-order valence-electron chi connectivity index (χ2n) is 13.4. The van der Waals surface area contributed by atoms with Crippen LogP contribution in [0.25, 0.3) is 21.5 Å². The quantitative estimate of drug-likeness (QED) is 0.0602. The first-order chi connectivity index (χ1) is 23.3. The molecule has 0 aliphatic carbocycles. The summed E-state index contributed by atoms with van der Waals surface area (Å²) in [5.74, 6) is -0.878. The SMILES string of the molecule is CC1(C)C(/C=C/C=C/C=C2\N(CCOC=O)c3ccc(C(F)(F)F)cc3C2(C)C)=[N+](CCC(=O)O)c2c1c1ccccc1c1ccccc21. The molecule has 49 heavy (non-hydrogen) atoms. The highest BCUT2D eigenvalue weighted by Gasteiger charge is 2.47. The topological polar surface area (TPSA) is 69.8 Å². The van der Waals surface area contributed by atoms with Gasteiger partial charge in [0.1, 0.15) is 13.0 Å². The monoisotopic (exact) mass is 667 g/mol. The fraction of sp³-hybridized carbons (Fsp3) is 0.275. The lowest BCUT2D eigenvalue weighted by Crippen LogP contribution is -2.29. The first kappa shape index (κ1) is 33.7. The number of benzene rings is 4. The molecule has 0 fully saturated rings. The van der Waals surface area contributed by atoms with Crippen LogP contribution in [0.5, 0.6) is 0 Å². The number of allylic oxidation sites excluding steroid dienone is 6. The number of nitrogens with zero attached hydrogens (tertiary/aromatic N) is 2. The Morgan fingerprint density at radius 3 is 2.20 bits per heavy atom. The van der Waals surface area contributed by atoms with E-state index in [2.05, 4.69) is 42.7 Å². The van der Waals surface area contributed by atoms with E-state index in [0.29, 0.717) is 24.3 Å². The van der Waals surface area contributed by atoms with Crippen LogP contribution in [0.15, 0.2) is 103 Å². The standard InChI is InChI=1S/C40H37F3N2O4/c1-38(2)31-24-26(40(41,42)43)18-19-32(31)44(22-23-49-25-46)33(38)16-6-5-7-17-34-39(3,4)36-29-14-10-8-12-27(29)28-13-9-11-15-30(28)37(36)45(34)21-20-35(47)48/h5-19,24-25H,20-23H2,1-4H3/p+1. The molecule has 2 aliphatic heterocycles. The van der Waals surface area contributed by atoms with Crippen molar-refractivity contribution < 1.29 is 37.2 Å². The number of hydrogen-bond donors (Lipinski definition) is 1. The van der Waals surface area contributed by atoms with Crippen molar-refractivity contribution in [2.24, 2.45) is 0 Å². The summed E-state index contributed by atoms with van der Waals surface area (Å²) in [5.41, 5.74) is 3.14. The number of carbonyl (C=O) groups excluding carboxylic acids is 1. The summed E-state index contributed by atoms with van der Waals surface area (Å²) in [6.07, 6.45) is 5.00. The number of carboxylic acid groups (broad SMARTS) is 1. The van der Waals surface area contributed by atoms with Crippen LogP contribution in [0.1, 0.15) is 50.8 Å². The Bertz CT molecular complexity index is 2100. The van der Waals surface area contributed by atoms with E-state index in [-0.39, 0.29) is 19.6 Å². The fourth-order valence-electron chi connectivity index (χ4n) is 7.50. The van der Waals surface area contributed by atoms with Crippen molar-refractivity contribution in [2.45, 2.75) is 51.1 Å². The summed E-state index contributed by atoms with van der Waals surface area (Å²) < 4.78 is 48.0. The third kappa shape index (κ3) is 5.92. The first-order valence-electron chi connectivity index (χ1n) is 16.2. The van der Waals surface area contributed by atoms with Gasteiger partial charge in [-0.3, -0.25) is 9.59 Å². The van der Waals surface area contributed by atoms with E-state index in [0.717, 1.165) is 50.3 Å². The first-order valence-corrected chi connectivity index (χ1v) is 16.2. The predicted molar refractivity (Wildman–Crippen MR) is 187 cm³/mol. The number of alkyl halides is 3. The van der Waals surface area contributed by atoms with Gasteiger partial charge in [0.05, 0.1) is 22.9 Å². The molecule has 6 nitrogen and oxygen atoms in total. The zero-order chi connectivity index (χ0) is 35.1. The molecule has 0 amide bonds. The van der Waals surface area contributed by atoms with Gasteiger partial charge in [-0.25, -0.2) is 0 Å². The molecule has 0 spiro atoms. The zero-order valence-corrected chi connectivity index (χ0v) is 27.8. The molecule has 4 aromatic rings. The van der Waals surface area contributed by atoms with E-state index in [9.17, 15) is 27.9 Å². The maximum atomic E-state index is 13.6. The molecule has 2 aliphatic rings. The molecule has 252 valence electrons. The number of ether oxygens (including phenoxy) is 1. The lowest BCUT2D eigenvalue weighted by molar-refractivity contribution is -0.435. The van der Waals surface area contributed by atoms with Gasteiger partial charge >= 0.3 is 12.1 Å². The number of anilines is 1. The molecule has 4 aromatic carbocycles. The largest absolute Gasteiger partial charge is 0.481 e. The molecule has 0 aromatic heterocycles. The van der Waals surface area contributed by atoms with Crippen molar-refractivity contribution in [3.8, 4) is 0 Å². The normalized spacial score (nSPS) is 17.5. The van der Waals surface area contributed by atoms with Crippen LogP contribution < -0.4 is 4.90 Å². The van der Waals surface area contributed by atoms with Crippen LogP contribution in [-0.4, -0.2) is 47.5 Å². The van der Waals surface area contributed by atoms with E-state index < -0.39 is 28.5 Å². The summed E-state index contributed by atoms with van der Waals surface area (Å²) in [6, 6.07) is 20.3. The lowest BCUT2D eigenvalue weighted by Gasteiger charge is -2.26. The van der Waals surface area contributed by atoms with Crippen molar-refractivity contribution in [3.05, 3.63) is 119 Å². The lowest BCUT2D eigenvalue weighted by atomic mass is 9.78. The van der Waals surface area contributed by atoms with Gasteiger partial charge < -0.3 is 14.7 Å². The average molecular weight is 668 g/mol. The molecular weight excluding hydrogens is 629 g/mol. The molecule has 1 N–H and O–H groups in total. The molecule has 9 heteroatoms. The number of aliphatic carboxylic acids is 1. The Morgan fingerprint density at radius 2 is 1.55 bits per heavy atom.